The first-order valence-corrected chi connectivity index (χ1v) is 8.12. The lowest BCUT2D eigenvalue weighted by Gasteiger charge is -2.05. The van der Waals surface area contributed by atoms with Crippen LogP contribution in [0.3, 0.4) is 0 Å². The highest BCUT2D eigenvalue weighted by Gasteiger charge is 2.16. The predicted molar refractivity (Wildman–Crippen MR) is 90.2 cm³/mol. The van der Waals surface area contributed by atoms with Crippen LogP contribution in [0.15, 0.2) is 53.1 Å². The van der Waals surface area contributed by atoms with Gasteiger partial charge in [0.2, 0.25) is 5.91 Å². The molecule has 0 bridgehead atoms. The van der Waals surface area contributed by atoms with Crippen LogP contribution in [-0.2, 0) is 30.6 Å². The van der Waals surface area contributed by atoms with Crippen LogP contribution in [0.5, 0.6) is 0 Å². The normalized spacial score (nSPS) is 13.2. The van der Waals surface area contributed by atoms with E-state index in [0.29, 0.717) is 13.0 Å². The van der Waals surface area contributed by atoms with Crippen molar-refractivity contribution in [3.8, 4) is 0 Å². The van der Waals surface area contributed by atoms with Gasteiger partial charge in [0, 0.05) is 17.5 Å². The Balaban J connectivity index is 1.48. The summed E-state index contributed by atoms with van der Waals surface area (Å²) in [7, 11) is 0. The fourth-order valence-corrected chi connectivity index (χ4v) is 3.32. The highest BCUT2D eigenvalue weighted by atomic mass is 16.3. The van der Waals surface area contributed by atoms with Crippen molar-refractivity contribution in [1.82, 2.24) is 5.32 Å². The number of amides is 1. The molecule has 0 spiro atoms. The number of furan rings is 1. The Bertz CT molecular complexity index is 849. The van der Waals surface area contributed by atoms with E-state index in [4.69, 9.17) is 4.42 Å². The molecule has 116 valence electrons. The van der Waals surface area contributed by atoms with Crippen molar-refractivity contribution in [2.45, 2.75) is 32.2 Å². The van der Waals surface area contributed by atoms with Gasteiger partial charge in [-0.05, 0) is 48.1 Å². The number of rotatable bonds is 4. The number of hydrogen-bond acceptors (Lipinski definition) is 2. The summed E-state index contributed by atoms with van der Waals surface area (Å²) in [6.07, 6.45) is 5.57. The number of carbonyl (C=O) groups is 1. The third kappa shape index (κ3) is 2.87. The van der Waals surface area contributed by atoms with Gasteiger partial charge >= 0.3 is 0 Å². The van der Waals surface area contributed by atoms with E-state index in [2.05, 4.69) is 17.4 Å². The smallest absolute Gasteiger partial charge is 0.224 e. The number of nitrogens with one attached hydrogen (secondary N) is 1. The quantitative estimate of drug-likeness (QED) is 0.797. The van der Waals surface area contributed by atoms with Crippen molar-refractivity contribution in [3.63, 3.8) is 0 Å². The van der Waals surface area contributed by atoms with Crippen molar-refractivity contribution in [1.29, 1.82) is 0 Å². The van der Waals surface area contributed by atoms with E-state index in [0.717, 1.165) is 34.9 Å². The van der Waals surface area contributed by atoms with Crippen LogP contribution in [-0.4, -0.2) is 5.91 Å². The van der Waals surface area contributed by atoms with E-state index in [1.807, 2.05) is 30.3 Å². The first-order valence-electron chi connectivity index (χ1n) is 8.12. The Morgan fingerprint density at radius 1 is 1.09 bits per heavy atom. The molecule has 3 heteroatoms. The van der Waals surface area contributed by atoms with Gasteiger partial charge in [-0.25, -0.2) is 0 Å². The molecule has 1 aliphatic rings. The van der Waals surface area contributed by atoms with Gasteiger partial charge in [0.1, 0.15) is 5.58 Å². The molecule has 1 aromatic heterocycles. The molecule has 23 heavy (non-hydrogen) atoms. The Morgan fingerprint density at radius 2 is 1.87 bits per heavy atom. The molecule has 0 aliphatic heterocycles. The van der Waals surface area contributed by atoms with E-state index < -0.39 is 0 Å². The topological polar surface area (TPSA) is 42.2 Å². The molecule has 0 saturated heterocycles. The molecule has 0 fully saturated rings. The Hall–Kier alpha value is -2.55. The molecule has 3 nitrogen and oxygen atoms in total. The Labute approximate surface area is 135 Å². The lowest BCUT2D eigenvalue weighted by atomic mass is 10.0. The Morgan fingerprint density at radius 3 is 2.70 bits per heavy atom. The van der Waals surface area contributed by atoms with Crippen LogP contribution in [0.1, 0.15) is 28.7 Å². The summed E-state index contributed by atoms with van der Waals surface area (Å²) < 4.78 is 5.66. The molecular weight excluding hydrogens is 286 g/mol. The molecule has 1 amide bonds. The highest BCUT2D eigenvalue weighted by Crippen LogP contribution is 2.30. The van der Waals surface area contributed by atoms with Gasteiger partial charge in [-0.1, -0.05) is 30.3 Å². The van der Waals surface area contributed by atoms with Crippen LogP contribution in [0.25, 0.3) is 11.0 Å². The summed E-state index contributed by atoms with van der Waals surface area (Å²) in [5.74, 6) is 0.0250. The molecule has 3 aromatic rings. The summed E-state index contributed by atoms with van der Waals surface area (Å²) in [6, 6.07) is 14.3. The molecule has 1 heterocycles. The number of fused-ring (bicyclic) bond motifs is 2. The van der Waals surface area contributed by atoms with Crippen molar-refractivity contribution in [2.24, 2.45) is 0 Å². The average molecular weight is 305 g/mol. The van der Waals surface area contributed by atoms with Gasteiger partial charge in [-0.15, -0.1) is 0 Å². The Kier molecular flexibility index (Phi) is 3.62. The predicted octanol–water partition coefficient (Wildman–Crippen LogP) is 3.78. The van der Waals surface area contributed by atoms with Crippen LogP contribution in [0.2, 0.25) is 0 Å². The maximum absolute atomic E-state index is 12.2. The zero-order valence-corrected chi connectivity index (χ0v) is 13.0. The van der Waals surface area contributed by atoms with E-state index in [9.17, 15) is 4.79 Å². The van der Waals surface area contributed by atoms with Crippen LogP contribution < -0.4 is 5.32 Å². The summed E-state index contributed by atoms with van der Waals surface area (Å²) in [4.78, 5) is 12.2. The standard InChI is InChI=1S/C20H19NO2/c22-20(21-12-14-5-2-1-3-6-14)11-17-13-23-19-10-16-8-4-7-15(16)9-18(17)19/h1-3,5-6,9-10,13H,4,7-8,11-12H2,(H,21,22). The lowest BCUT2D eigenvalue weighted by molar-refractivity contribution is -0.120. The largest absolute Gasteiger partial charge is 0.464 e. The number of carbonyl (C=O) groups excluding carboxylic acids is 1. The monoisotopic (exact) mass is 305 g/mol. The van der Waals surface area contributed by atoms with Gasteiger partial charge < -0.3 is 9.73 Å². The second kappa shape index (κ2) is 5.92. The van der Waals surface area contributed by atoms with Crippen LogP contribution in [0, 0.1) is 0 Å². The number of aryl methyl sites for hydroxylation is 2. The van der Waals surface area contributed by atoms with E-state index in [1.165, 1.54) is 17.5 Å². The van der Waals surface area contributed by atoms with Crippen molar-refractivity contribution < 1.29 is 9.21 Å². The fraction of sp³-hybridized carbons (Fsp3) is 0.250. The SMILES string of the molecule is O=C(Cc1coc2cc3c(cc12)CCC3)NCc1ccccc1. The van der Waals surface area contributed by atoms with Crippen molar-refractivity contribution in [3.05, 3.63) is 71.0 Å². The summed E-state index contributed by atoms with van der Waals surface area (Å²) >= 11 is 0. The first kappa shape index (κ1) is 14.1. The molecule has 4 rings (SSSR count). The molecule has 0 saturated carbocycles. The molecule has 2 aromatic carbocycles. The molecule has 0 radical (unpaired) electrons. The summed E-state index contributed by atoms with van der Waals surface area (Å²) in [5.41, 5.74) is 5.78. The minimum absolute atomic E-state index is 0.0250. The second-order valence-corrected chi connectivity index (χ2v) is 6.17. The zero-order valence-electron chi connectivity index (χ0n) is 13.0. The van der Waals surface area contributed by atoms with E-state index >= 15 is 0 Å². The van der Waals surface area contributed by atoms with Crippen LogP contribution in [0.4, 0.5) is 0 Å². The minimum atomic E-state index is 0.0250. The van der Waals surface area contributed by atoms with Gasteiger partial charge in [-0.3, -0.25) is 4.79 Å². The first-order chi connectivity index (χ1) is 11.3. The van der Waals surface area contributed by atoms with E-state index in [1.54, 1.807) is 6.26 Å². The summed E-state index contributed by atoms with van der Waals surface area (Å²) in [5, 5.41) is 4.06. The molecule has 1 aliphatic carbocycles. The molecular formula is C20H19NO2. The van der Waals surface area contributed by atoms with E-state index in [-0.39, 0.29) is 5.91 Å². The van der Waals surface area contributed by atoms with Gasteiger partial charge in [0.15, 0.2) is 0 Å². The summed E-state index contributed by atoms with van der Waals surface area (Å²) in [6.45, 7) is 0.560. The van der Waals surface area contributed by atoms with Gasteiger partial charge in [0.05, 0.1) is 12.7 Å². The van der Waals surface area contributed by atoms with Gasteiger partial charge in [-0.2, -0.15) is 0 Å². The zero-order chi connectivity index (χ0) is 15.6. The molecule has 1 N–H and O–H groups in total. The average Bonchev–Trinajstić information content (AvgIpc) is 3.19. The lowest BCUT2D eigenvalue weighted by Crippen LogP contribution is -2.24. The number of hydrogen-bond donors (Lipinski definition) is 1. The molecule has 0 unspecified atom stereocenters. The maximum Gasteiger partial charge on any atom is 0.224 e. The minimum Gasteiger partial charge on any atom is -0.464 e. The van der Waals surface area contributed by atoms with Crippen molar-refractivity contribution in [2.75, 3.05) is 0 Å². The highest BCUT2D eigenvalue weighted by molar-refractivity contribution is 5.88. The number of benzene rings is 2. The van der Waals surface area contributed by atoms with Crippen LogP contribution >= 0.6 is 0 Å². The molecule has 0 atom stereocenters. The van der Waals surface area contributed by atoms with Gasteiger partial charge in [0.25, 0.3) is 0 Å². The van der Waals surface area contributed by atoms with Crippen molar-refractivity contribution >= 4 is 16.9 Å². The maximum atomic E-state index is 12.2. The third-order valence-corrected chi connectivity index (χ3v) is 4.55. The fourth-order valence-electron chi connectivity index (χ4n) is 3.32. The third-order valence-electron chi connectivity index (χ3n) is 4.55. The second-order valence-electron chi connectivity index (χ2n) is 6.17.